The van der Waals surface area contributed by atoms with Crippen molar-refractivity contribution >= 4 is 5.96 Å². The zero-order chi connectivity index (χ0) is 14.8. The van der Waals surface area contributed by atoms with E-state index in [1.165, 1.54) is 18.2 Å². The van der Waals surface area contributed by atoms with Crippen LogP contribution in [-0.4, -0.2) is 67.2 Å². The number of nitrogens with zero attached hydrogens (tertiary/aromatic N) is 3. The molecule has 1 aliphatic heterocycles. The van der Waals surface area contributed by atoms with Gasteiger partial charge in [0.25, 0.3) is 0 Å². The summed E-state index contributed by atoms with van der Waals surface area (Å²) >= 11 is 0. The Labute approximate surface area is 118 Å². The molecule has 1 saturated carbocycles. The number of rotatable bonds is 2. The van der Waals surface area contributed by atoms with Crippen LogP contribution in [-0.2, 0) is 0 Å². The molecule has 1 heterocycles. The summed E-state index contributed by atoms with van der Waals surface area (Å²) in [5, 5.41) is 3.38. The van der Waals surface area contributed by atoms with Crippen LogP contribution in [0.3, 0.4) is 0 Å². The smallest absolute Gasteiger partial charge is 0.354 e. The highest BCUT2D eigenvalue weighted by atomic mass is 19.4. The number of hydrogen-bond donors (Lipinski definition) is 1. The van der Waals surface area contributed by atoms with E-state index in [-0.39, 0.29) is 0 Å². The number of nitrogens with one attached hydrogen (secondary N) is 1. The van der Waals surface area contributed by atoms with Crippen molar-refractivity contribution in [3.05, 3.63) is 0 Å². The van der Waals surface area contributed by atoms with E-state index >= 15 is 0 Å². The third kappa shape index (κ3) is 3.56. The highest BCUT2D eigenvalue weighted by Crippen LogP contribution is 2.25. The van der Waals surface area contributed by atoms with Gasteiger partial charge in [0.05, 0.1) is 0 Å². The molecule has 0 aromatic rings. The van der Waals surface area contributed by atoms with E-state index in [9.17, 15) is 13.2 Å². The van der Waals surface area contributed by atoms with Crippen LogP contribution in [0.4, 0.5) is 13.2 Å². The molecule has 1 saturated heterocycles. The molecule has 1 aliphatic carbocycles. The molecule has 1 atom stereocenters. The predicted octanol–water partition coefficient (Wildman–Crippen LogP) is 1.68. The normalized spacial score (nSPS) is 24.4. The van der Waals surface area contributed by atoms with Gasteiger partial charge in [-0.2, -0.15) is 13.2 Å². The Kier molecular flexibility index (Phi) is 4.78. The van der Waals surface area contributed by atoms with E-state index in [1.807, 2.05) is 0 Å². The fraction of sp³-hybridized carbons (Fsp3) is 0.923. The zero-order valence-corrected chi connectivity index (χ0v) is 12.1. The third-order valence-corrected chi connectivity index (χ3v) is 4.29. The molecule has 1 N–H and O–H groups in total. The van der Waals surface area contributed by atoms with Gasteiger partial charge in [-0.15, -0.1) is 0 Å². The van der Waals surface area contributed by atoms with E-state index in [0.29, 0.717) is 32.2 Å². The summed E-state index contributed by atoms with van der Waals surface area (Å²) in [6, 6.07) is -0.882. The first-order valence-corrected chi connectivity index (χ1v) is 7.21. The van der Waals surface area contributed by atoms with Crippen LogP contribution in [0.15, 0.2) is 4.99 Å². The molecule has 0 aromatic heterocycles. The van der Waals surface area contributed by atoms with E-state index in [0.717, 1.165) is 18.8 Å². The van der Waals surface area contributed by atoms with Crippen molar-refractivity contribution in [2.75, 3.05) is 33.2 Å². The van der Waals surface area contributed by atoms with Gasteiger partial charge >= 0.3 is 6.18 Å². The lowest BCUT2D eigenvalue weighted by Crippen LogP contribution is -2.58. The van der Waals surface area contributed by atoms with Crippen molar-refractivity contribution in [1.82, 2.24) is 15.1 Å². The minimum absolute atomic E-state index is 0.423. The molecule has 4 nitrogen and oxygen atoms in total. The molecule has 0 bridgehead atoms. The van der Waals surface area contributed by atoms with Crippen LogP contribution in [0.2, 0.25) is 0 Å². The van der Waals surface area contributed by atoms with Crippen LogP contribution < -0.4 is 5.32 Å². The summed E-state index contributed by atoms with van der Waals surface area (Å²) in [4.78, 5) is 7.79. The van der Waals surface area contributed by atoms with Crippen molar-refractivity contribution < 1.29 is 13.2 Å². The molecule has 0 amide bonds. The second kappa shape index (κ2) is 6.20. The average Bonchev–Trinajstić information content (AvgIpc) is 2.36. The second-order valence-electron chi connectivity index (χ2n) is 5.56. The summed E-state index contributed by atoms with van der Waals surface area (Å²) in [6.07, 6.45) is -0.590. The molecule has 2 rings (SSSR count). The first-order valence-electron chi connectivity index (χ1n) is 7.21. The molecule has 0 aromatic carbocycles. The van der Waals surface area contributed by atoms with Gasteiger partial charge < -0.3 is 10.2 Å². The van der Waals surface area contributed by atoms with Crippen LogP contribution in [0.5, 0.6) is 0 Å². The van der Waals surface area contributed by atoms with Gasteiger partial charge in [0, 0.05) is 39.3 Å². The minimum atomic E-state index is -4.14. The molecule has 1 unspecified atom stereocenters. The van der Waals surface area contributed by atoms with Crippen LogP contribution in [0, 0.1) is 0 Å². The summed E-state index contributed by atoms with van der Waals surface area (Å²) in [5.41, 5.74) is 0. The fourth-order valence-electron chi connectivity index (χ4n) is 2.56. The molecule has 2 fully saturated rings. The standard InChI is InChI=1S/C13H23F3N4/c1-10(13(14,15)16)19-6-8-20(9-7-19)12(17-2)18-11-4-3-5-11/h10-11H,3-9H2,1-2H3,(H,17,18). The largest absolute Gasteiger partial charge is 0.403 e. The third-order valence-electron chi connectivity index (χ3n) is 4.29. The maximum Gasteiger partial charge on any atom is 0.403 e. The van der Waals surface area contributed by atoms with Crippen molar-refractivity contribution in [1.29, 1.82) is 0 Å². The summed E-state index contributed by atoms with van der Waals surface area (Å²) in [7, 11) is 1.73. The van der Waals surface area contributed by atoms with Gasteiger partial charge in [0.15, 0.2) is 5.96 Å². The molecular formula is C13H23F3N4. The van der Waals surface area contributed by atoms with E-state index in [1.54, 1.807) is 7.05 Å². The Hall–Kier alpha value is -0.980. The number of hydrogen-bond acceptors (Lipinski definition) is 2. The molecule has 0 spiro atoms. The quantitative estimate of drug-likeness (QED) is 0.620. The van der Waals surface area contributed by atoms with Gasteiger partial charge in [-0.1, -0.05) is 0 Å². The Morgan fingerprint density at radius 2 is 1.80 bits per heavy atom. The predicted molar refractivity (Wildman–Crippen MR) is 72.8 cm³/mol. The number of aliphatic imine (C=N–C) groups is 1. The molecule has 7 heteroatoms. The molecule has 2 aliphatic rings. The molecular weight excluding hydrogens is 269 g/mol. The zero-order valence-electron chi connectivity index (χ0n) is 12.1. The molecule has 20 heavy (non-hydrogen) atoms. The van der Waals surface area contributed by atoms with Gasteiger partial charge in [-0.25, -0.2) is 0 Å². The highest BCUT2D eigenvalue weighted by Gasteiger charge is 2.41. The number of guanidine groups is 1. The molecule has 0 radical (unpaired) electrons. The second-order valence-corrected chi connectivity index (χ2v) is 5.56. The van der Waals surface area contributed by atoms with Crippen molar-refractivity contribution in [3.8, 4) is 0 Å². The lowest BCUT2D eigenvalue weighted by atomic mass is 9.93. The Bertz CT molecular complexity index is 344. The Morgan fingerprint density at radius 3 is 2.20 bits per heavy atom. The van der Waals surface area contributed by atoms with Crippen LogP contribution >= 0.6 is 0 Å². The lowest BCUT2D eigenvalue weighted by Gasteiger charge is -2.41. The van der Waals surface area contributed by atoms with Crippen LogP contribution in [0.1, 0.15) is 26.2 Å². The average molecular weight is 292 g/mol. The van der Waals surface area contributed by atoms with Crippen molar-refractivity contribution in [2.45, 2.75) is 44.4 Å². The Morgan fingerprint density at radius 1 is 1.20 bits per heavy atom. The minimum Gasteiger partial charge on any atom is -0.354 e. The SMILES string of the molecule is CN=C(NC1CCC1)N1CCN(C(C)C(F)(F)F)CC1. The lowest BCUT2D eigenvalue weighted by molar-refractivity contribution is -0.181. The Balaban J connectivity index is 1.83. The van der Waals surface area contributed by atoms with Crippen LogP contribution in [0.25, 0.3) is 0 Å². The maximum absolute atomic E-state index is 12.7. The highest BCUT2D eigenvalue weighted by molar-refractivity contribution is 5.80. The van der Waals surface area contributed by atoms with E-state index in [2.05, 4.69) is 15.2 Å². The summed E-state index contributed by atoms with van der Waals surface area (Å²) in [5.74, 6) is 0.828. The number of halogens is 3. The number of alkyl halides is 3. The monoisotopic (exact) mass is 292 g/mol. The van der Waals surface area contributed by atoms with Gasteiger partial charge in [0.1, 0.15) is 6.04 Å². The van der Waals surface area contributed by atoms with Gasteiger partial charge in [-0.3, -0.25) is 9.89 Å². The van der Waals surface area contributed by atoms with E-state index in [4.69, 9.17) is 0 Å². The number of piperazine rings is 1. The van der Waals surface area contributed by atoms with Crippen molar-refractivity contribution in [2.24, 2.45) is 4.99 Å². The van der Waals surface area contributed by atoms with E-state index < -0.39 is 12.2 Å². The maximum atomic E-state index is 12.7. The van der Waals surface area contributed by atoms with Gasteiger partial charge in [0.2, 0.25) is 0 Å². The molecule has 116 valence electrons. The topological polar surface area (TPSA) is 30.9 Å². The van der Waals surface area contributed by atoms with Crippen molar-refractivity contribution in [3.63, 3.8) is 0 Å². The summed E-state index contributed by atoms with van der Waals surface area (Å²) < 4.78 is 38.1. The fourth-order valence-corrected chi connectivity index (χ4v) is 2.56. The first kappa shape index (κ1) is 15.4. The summed E-state index contributed by atoms with van der Waals surface area (Å²) in [6.45, 7) is 3.26. The first-order chi connectivity index (χ1) is 9.41. The van der Waals surface area contributed by atoms with Gasteiger partial charge in [-0.05, 0) is 26.2 Å².